The Labute approximate surface area is 158 Å². The normalized spacial score (nSPS) is 17.2. The van der Waals surface area contributed by atoms with Crippen molar-refractivity contribution in [3.63, 3.8) is 0 Å². The molecule has 122 valence electrons. The summed E-state index contributed by atoms with van der Waals surface area (Å²) in [5.74, 6) is 1.08. The Morgan fingerprint density at radius 2 is 1.33 bits per heavy atom. The molecule has 0 heterocycles. The van der Waals surface area contributed by atoms with Crippen LogP contribution < -0.4 is 4.90 Å². The van der Waals surface area contributed by atoms with Crippen molar-refractivity contribution in [3.8, 4) is 0 Å². The second kappa shape index (κ2) is 11.5. The molecule has 3 heteroatoms. The van der Waals surface area contributed by atoms with E-state index < -0.39 is 0 Å². The van der Waals surface area contributed by atoms with E-state index in [0.29, 0.717) is 5.56 Å². The first-order valence-electron chi connectivity index (χ1n) is 7.55. The SMILES string of the molecule is CN(C)c1ccc(C(=O)/C=C/[C]2[CH][CH][CH][CH]2)cc1.[CH]1[CH][CH][CH][CH]1.[Fe+2]. The maximum atomic E-state index is 11.9. The third-order valence-electron chi connectivity index (χ3n) is 3.34. The Hall–Kier alpha value is -1.05. The van der Waals surface area contributed by atoms with E-state index in [1.165, 1.54) is 0 Å². The van der Waals surface area contributed by atoms with Crippen molar-refractivity contribution >= 4 is 11.5 Å². The molecule has 0 N–H and O–H groups in total. The van der Waals surface area contributed by atoms with E-state index in [-0.39, 0.29) is 22.9 Å². The van der Waals surface area contributed by atoms with Crippen LogP contribution in [0.3, 0.4) is 0 Å². The van der Waals surface area contributed by atoms with Gasteiger partial charge >= 0.3 is 17.1 Å². The van der Waals surface area contributed by atoms with E-state index in [1.807, 2.05) is 107 Å². The molecular weight excluding hydrogens is 338 g/mol. The fraction of sp³-hybridized carbons (Fsp3) is 0.0952. The topological polar surface area (TPSA) is 20.3 Å². The zero-order valence-electron chi connectivity index (χ0n) is 13.9. The average Bonchev–Trinajstić information content (AvgIpc) is 3.28. The van der Waals surface area contributed by atoms with Crippen LogP contribution in [0.25, 0.3) is 0 Å². The molecule has 2 fully saturated rings. The Morgan fingerprint density at radius 3 is 1.79 bits per heavy atom. The molecule has 0 unspecified atom stereocenters. The first kappa shape index (κ1) is 21.0. The summed E-state index contributed by atoms with van der Waals surface area (Å²) in [5, 5.41) is 0. The molecule has 3 rings (SSSR count). The van der Waals surface area contributed by atoms with Gasteiger partial charge in [0.15, 0.2) is 5.78 Å². The van der Waals surface area contributed by atoms with Gasteiger partial charge in [-0.15, -0.1) is 0 Å². The molecule has 0 amide bonds. The van der Waals surface area contributed by atoms with Crippen LogP contribution in [0, 0.1) is 63.7 Å². The zero-order chi connectivity index (χ0) is 16.5. The van der Waals surface area contributed by atoms with Crippen LogP contribution in [-0.4, -0.2) is 19.9 Å². The predicted molar refractivity (Wildman–Crippen MR) is 96.2 cm³/mol. The fourth-order valence-corrected chi connectivity index (χ4v) is 2.01. The molecule has 2 nitrogen and oxygen atoms in total. The molecule has 0 atom stereocenters. The minimum absolute atomic E-state index is 0. The number of benzene rings is 1. The van der Waals surface area contributed by atoms with Gasteiger partial charge in [0.2, 0.25) is 0 Å². The molecule has 2 aliphatic carbocycles. The van der Waals surface area contributed by atoms with Gasteiger partial charge in [-0.05, 0) is 88.1 Å². The molecular formula is C21H21FeNO+2. The first-order chi connectivity index (χ1) is 11.2. The van der Waals surface area contributed by atoms with Crippen LogP contribution >= 0.6 is 0 Å². The number of ketones is 1. The van der Waals surface area contributed by atoms with Crippen LogP contribution in [0.2, 0.25) is 0 Å². The molecule has 10 radical (unpaired) electrons. The summed E-state index contributed by atoms with van der Waals surface area (Å²) in [4.78, 5) is 13.9. The van der Waals surface area contributed by atoms with Crippen LogP contribution in [0.4, 0.5) is 5.69 Å². The molecule has 1 aromatic rings. The summed E-state index contributed by atoms with van der Waals surface area (Å²) in [6.07, 6.45) is 21.3. The smallest absolute Gasteiger partial charge is 0.378 e. The summed E-state index contributed by atoms with van der Waals surface area (Å²) in [7, 11) is 3.96. The molecule has 2 aliphatic rings. The summed E-state index contributed by atoms with van der Waals surface area (Å²) >= 11 is 0. The number of hydrogen-bond donors (Lipinski definition) is 0. The quantitative estimate of drug-likeness (QED) is 0.462. The van der Waals surface area contributed by atoms with Gasteiger partial charge in [-0.1, -0.05) is 6.08 Å². The van der Waals surface area contributed by atoms with Gasteiger partial charge in [-0.2, -0.15) is 0 Å². The number of rotatable bonds is 4. The van der Waals surface area contributed by atoms with Gasteiger partial charge in [0.1, 0.15) is 0 Å². The van der Waals surface area contributed by atoms with Crippen LogP contribution in [0.5, 0.6) is 0 Å². The molecule has 0 aliphatic heterocycles. The third-order valence-corrected chi connectivity index (χ3v) is 3.34. The summed E-state index contributed by atoms with van der Waals surface area (Å²) in [6.45, 7) is 0. The van der Waals surface area contributed by atoms with Gasteiger partial charge in [-0.3, -0.25) is 4.79 Å². The van der Waals surface area contributed by atoms with Crippen molar-refractivity contribution in [2.24, 2.45) is 0 Å². The maximum Gasteiger partial charge on any atom is 2.00 e. The van der Waals surface area contributed by atoms with E-state index in [4.69, 9.17) is 0 Å². The Kier molecular flexibility index (Phi) is 10.1. The Morgan fingerprint density at radius 1 is 0.833 bits per heavy atom. The van der Waals surface area contributed by atoms with Crippen molar-refractivity contribution in [2.75, 3.05) is 19.0 Å². The Bertz CT molecular complexity index is 489. The number of hydrogen-bond acceptors (Lipinski definition) is 2. The third kappa shape index (κ3) is 7.23. The van der Waals surface area contributed by atoms with E-state index in [9.17, 15) is 4.79 Å². The number of allylic oxidation sites excluding steroid dienone is 2. The predicted octanol–water partition coefficient (Wildman–Crippen LogP) is 3.92. The van der Waals surface area contributed by atoms with Crippen LogP contribution in [0.15, 0.2) is 36.4 Å². The number of nitrogens with zero attached hydrogens (tertiary/aromatic N) is 1. The van der Waals surface area contributed by atoms with E-state index in [1.54, 1.807) is 6.08 Å². The molecule has 2 saturated carbocycles. The first-order valence-corrected chi connectivity index (χ1v) is 7.55. The average molecular weight is 359 g/mol. The van der Waals surface area contributed by atoms with Gasteiger partial charge < -0.3 is 4.90 Å². The minimum Gasteiger partial charge on any atom is -0.378 e. The van der Waals surface area contributed by atoms with Crippen molar-refractivity contribution in [3.05, 3.63) is 106 Å². The second-order valence-corrected chi connectivity index (χ2v) is 5.32. The van der Waals surface area contributed by atoms with Crippen LogP contribution in [0.1, 0.15) is 10.4 Å². The van der Waals surface area contributed by atoms with Crippen LogP contribution in [-0.2, 0) is 17.1 Å². The molecule has 0 saturated heterocycles. The second-order valence-electron chi connectivity index (χ2n) is 5.32. The van der Waals surface area contributed by atoms with E-state index >= 15 is 0 Å². The van der Waals surface area contributed by atoms with Gasteiger partial charge in [0.05, 0.1) is 0 Å². The molecule has 0 bridgehead atoms. The Balaban J connectivity index is 0.000000412. The van der Waals surface area contributed by atoms with Crippen molar-refractivity contribution in [2.45, 2.75) is 0 Å². The molecule has 0 aromatic heterocycles. The molecule has 24 heavy (non-hydrogen) atoms. The number of carbonyl (C=O) groups is 1. The molecule has 0 spiro atoms. The van der Waals surface area contributed by atoms with Gasteiger partial charge in [-0.25, -0.2) is 0 Å². The van der Waals surface area contributed by atoms with Crippen molar-refractivity contribution in [1.82, 2.24) is 0 Å². The van der Waals surface area contributed by atoms with Crippen molar-refractivity contribution in [1.29, 1.82) is 0 Å². The van der Waals surface area contributed by atoms with Gasteiger partial charge in [0, 0.05) is 31.3 Å². The van der Waals surface area contributed by atoms with E-state index in [2.05, 4.69) is 0 Å². The summed E-state index contributed by atoms with van der Waals surface area (Å²) in [5.41, 5.74) is 1.80. The molecule has 1 aromatic carbocycles. The van der Waals surface area contributed by atoms with E-state index in [0.717, 1.165) is 11.6 Å². The number of carbonyl (C=O) groups excluding carboxylic acids is 1. The number of anilines is 1. The minimum atomic E-state index is 0. The largest absolute Gasteiger partial charge is 2.00 e. The fourth-order valence-electron chi connectivity index (χ4n) is 2.01. The maximum absolute atomic E-state index is 11.9. The van der Waals surface area contributed by atoms with Crippen molar-refractivity contribution < 1.29 is 21.9 Å². The van der Waals surface area contributed by atoms with Gasteiger partial charge in [0.25, 0.3) is 0 Å². The summed E-state index contributed by atoms with van der Waals surface area (Å²) < 4.78 is 0. The standard InChI is InChI=1S/C16H16NO.C5H5.Fe/c1-17(2)15-10-8-14(9-11-15)16(18)12-7-13-5-3-4-6-13;1-2-4-5-3-1;/h3-12H,1-2H3;1-5H;/q;;+2/b12-7+;;. The monoisotopic (exact) mass is 359 g/mol. The summed E-state index contributed by atoms with van der Waals surface area (Å²) in [6, 6.07) is 7.60. The zero-order valence-corrected chi connectivity index (χ0v) is 15.0.